The normalized spacial score (nSPS) is 26.7. The number of amides is 1. The quantitative estimate of drug-likeness (QED) is 0.643. The van der Waals surface area contributed by atoms with Gasteiger partial charge in [-0.15, -0.1) is 0 Å². The lowest BCUT2D eigenvalue weighted by atomic mass is 9.97. The van der Waals surface area contributed by atoms with Crippen LogP contribution in [0.1, 0.15) is 19.8 Å². The lowest BCUT2D eigenvalue weighted by Gasteiger charge is -2.39. The molecular formula is C9H15NO2. The highest BCUT2D eigenvalue weighted by atomic mass is 16.3. The molecule has 0 aromatic carbocycles. The SMILES string of the molecule is CC1(C(=O)N2CC(CO)C2)CC1. The maximum atomic E-state index is 11.6. The van der Waals surface area contributed by atoms with E-state index in [2.05, 4.69) is 0 Å². The second kappa shape index (κ2) is 2.46. The Kier molecular flexibility index (Phi) is 1.65. The van der Waals surface area contributed by atoms with Crippen molar-refractivity contribution >= 4 is 5.91 Å². The summed E-state index contributed by atoms with van der Waals surface area (Å²) in [5.74, 6) is 0.642. The Balaban J connectivity index is 1.84. The van der Waals surface area contributed by atoms with Crippen LogP contribution in [-0.2, 0) is 4.79 Å². The van der Waals surface area contributed by atoms with Crippen molar-refractivity contribution in [2.75, 3.05) is 19.7 Å². The maximum Gasteiger partial charge on any atom is 0.228 e. The van der Waals surface area contributed by atoms with E-state index < -0.39 is 0 Å². The lowest BCUT2D eigenvalue weighted by molar-refractivity contribution is -0.143. The fraction of sp³-hybridized carbons (Fsp3) is 0.889. The molecule has 68 valence electrons. The first kappa shape index (κ1) is 8.05. The van der Waals surface area contributed by atoms with Gasteiger partial charge in [-0.2, -0.15) is 0 Å². The molecule has 2 fully saturated rings. The van der Waals surface area contributed by atoms with Crippen LogP contribution in [0.5, 0.6) is 0 Å². The second-order valence-corrected chi connectivity index (χ2v) is 4.32. The largest absolute Gasteiger partial charge is 0.396 e. The van der Waals surface area contributed by atoms with Gasteiger partial charge in [-0.25, -0.2) is 0 Å². The molecule has 1 aliphatic heterocycles. The molecule has 0 aromatic heterocycles. The van der Waals surface area contributed by atoms with E-state index in [-0.39, 0.29) is 12.0 Å². The fourth-order valence-electron chi connectivity index (χ4n) is 1.63. The molecule has 0 spiro atoms. The zero-order chi connectivity index (χ0) is 8.77. The number of nitrogens with zero attached hydrogens (tertiary/aromatic N) is 1. The minimum atomic E-state index is -0.0274. The van der Waals surface area contributed by atoms with E-state index in [1.165, 1.54) is 0 Å². The van der Waals surface area contributed by atoms with Crippen LogP contribution in [0.25, 0.3) is 0 Å². The highest BCUT2D eigenvalue weighted by molar-refractivity contribution is 5.85. The molecule has 1 saturated carbocycles. The molecule has 0 unspecified atom stereocenters. The molecule has 1 N–H and O–H groups in total. The molecule has 3 nitrogen and oxygen atoms in total. The van der Waals surface area contributed by atoms with E-state index in [1.807, 2.05) is 11.8 Å². The Morgan fingerprint density at radius 2 is 2.17 bits per heavy atom. The van der Waals surface area contributed by atoms with Crippen LogP contribution in [-0.4, -0.2) is 35.6 Å². The summed E-state index contributed by atoms with van der Waals surface area (Å²) in [6, 6.07) is 0. The van der Waals surface area contributed by atoms with Crippen molar-refractivity contribution in [3.63, 3.8) is 0 Å². The summed E-state index contributed by atoms with van der Waals surface area (Å²) in [6.45, 7) is 3.79. The molecule has 3 heteroatoms. The third-order valence-electron chi connectivity index (χ3n) is 3.02. The minimum absolute atomic E-state index is 0.0274. The summed E-state index contributed by atoms with van der Waals surface area (Å²) in [5, 5.41) is 8.77. The van der Waals surface area contributed by atoms with Gasteiger partial charge in [0.2, 0.25) is 5.91 Å². The number of hydrogen-bond acceptors (Lipinski definition) is 2. The van der Waals surface area contributed by atoms with E-state index in [0.29, 0.717) is 11.8 Å². The van der Waals surface area contributed by atoms with Crippen LogP contribution < -0.4 is 0 Å². The lowest BCUT2D eigenvalue weighted by Crippen LogP contribution is -2.53. The number of hydrogen-bond donors (Lipinski definition) is 1. The van der Waals surface area contributed by atoms with Crippen LogP contribution in [0.2, 0.25) is 0 Å². The second-order valence-electron chi connectivity index (χ2n) is 4.32. The molecule has 2 rings (SSSR count). The molecule has 0 atom stereocenters. The van der Waals surface area contributed by atoms with Crippen LogP contribution in [0, 0.1) is 11.3 Å². The molecular weight excluding hydrogens is 154 g/mol. The predicted octanol–water partition coefficient (Wildman–Crippen LogP) is 0.237. The van der Waals surface area contributed by atoms with E-state index in [9.17, 15) is 4.79 Å². The first-order chi connectivity index (χ1) is 5.65. The number of likely N-dealkylation sites (tertiary alicyclic amines) is 1. The minimum Gasteiger partial charge on any atom is -0.396 e. The van der Waals surface area contributed by atoms with Gasteiger partial charge in [-0.3, -0.25) is 4.79 Å². The smallest absolute Gasteiger partial charge is 0.228 e. The molecule has 1 amide bonds. The Labute approximate surface area is 72.4 Å². The molecule has 12 heavy (non-hydrogen) atoms. The molecule has 1 saturated heterocycles. The van der Waals surface area contributed by atoms with Crippen LogP contribution in [0.4, 0.5) is 0 Å². The zero-order valence-corrected chi connectivity index (χ0v) is 7.42. The van der Waals surface area contributed by atoms with Crippen molar-refractivity contribution in [1.29, 1.82) is 0 Å². The first-order valence-electron chi connectivity index (χ1n) is 4.56. The van der Waals surface area contributed by atoms with Crippen molar-refractivity contribution in [3.8, 4) is 0 Å². The first-order valence-corrected chi connectivity index (χ1v) is 4.56. The van der Waals surface area contributed by atoms with Gasteiger partial charge in [0.25, 0.3) is 0 Å². The third kappa shape index (κ3) is 1.12. The van der Waals surface area contributed by atoms with E-state index in [0.717, 1.165) is 25.9 Å². The summed E-state index contributed by atoms with van der Waals surface area (Å²) in [4.78, 5) is 13.5. The van der Waals surface area contributed by atoms with Gasteiger partial charge < -0.3 is 10.0 Å². The molecule has 0 aromatic rings. The number of carbonyl (C=O) groups is 1. The number of rotatable bonds is 2. The average molecular weight is 169 g/mol. The molecule has 2 aliphatic rings. The molecule has 0 bridgehead atoms. The van der Waals surface area contributed by atoms with Crippen LogP contribution in [0.3, 0.4) is 0 Å². The molecule has 1 aliphatic carbocycles. The monoisotopic (exact) mass is 169 g/mol. The van der Waals surface area contributed by atoms with E-state index in [1.54, 1.807) is 0 Å². The van der Waals surface area contributed by atoms with Gasteiger partial charge in [0, 0.05) is 31.0 Å². The average Bonchev–Trinajstić information content (AvgIpc) is 2.67. The van der Waals surface area contributed by atoms with Crippen molar-refractivity contribution in [1.82, 2.24) is 4.90 Å². The van der Waals surface area contributed by atoms with Gasteiger partial charge >= 0.3 is 0 Å². The summed E-state index contributed by atoms with van der Waals surface area (Å²) in [6.07, 6.45) is 2.10. The Bertz CT molecular complexity index is 205. The topological polar surface area (TPSA) is 40.5 Å². The highest BCUT2D eigenvalue weighted by Crippen LogP contribution is 2.47. The summed E-state index contributed by atoms with van der Waals surface area (Å²) < 4.78 is 0. The van der Waals surface area contributed by atoms with Gasteiger partial charge in [0.15, 0.2) is 0 Å². The van der Waals surface area contributed by atoms with Crippen molar-refractivity contribution in [2.24, 2.45) is 11.3 Å². The molecule has 0 radical (unpaired) electrons. The summed E-state index contributed by atoms with van der Waals surface area (Å²) >= 11 is 0. The Morgan fingerprint density at radius 3 is 2.58 bits per heavy atom. The predicted molar refractivity (Wildman–Crippen MR) is 44.5 cm³/mol. The van der Waals surface area contributed by atoms with Gasteiger partial charge in [0.05, 0.1) is 0 Å². The zero-order valence-electron chi connectivity index (χ0n) is 7.42. The number of carbonyl (C=O) groups excluding carboxylic acids is 1. The van der Waals surface area contributed by atoms with Gasteiger partial charge in [0.1, 0.15) is 0 Å². The standard InChI is InChI=1S/C9H15NO2/c1-9(2-3-9)8(12)10-4-7(5-10)6-11/h7,11H,2-6H2,1H3. The van der Waals surface area contributed by atoms with Crippen molar-refractivity contribution in [3.05, 3.63) is 0 Å². The highest BCUT2D eigenvalue weighted by Gasteiger charge is 2.49. The molecule has 1 heterocycles. The van der Waals surface area contributed by atoms with E-state index >= 15 is 0 Å². The van der Waals surface area contributed by atoms with Crippen LogP contribution >= 0.6 is 0 Å². The van der Waals surface area contributed by atoms with Gasteiger partial charge in [-0.05, 0) is 12.8 Å². The number of aliphatic hydroxyl groups excluding tert-OH is 1. The van der Waals surface area contributed by atoms with Crippen molar-refractivity contribution in [2.45, 2.75) is 19.8 Å². The third-order valence-corrected chi connectivity index (χ3v) is 3.02. The summed E-state index contributed by atoms with van der Waals surface area (Å²) in [7, 11) is 0. The Hall–Kier alpha value is -0.570. The van der Waals surface area contributed by atoms with Crippen molar-refractivity contribution < 1.29 is 9.90 Å². The number of aliphatic hydroxyl groups is 1. The van der Waals surface area contributed by atoms with Crippen LogP contribution in [0.15, 0.2) is 0 Å². The maximum absolute atomic E-state index is 11.6. The Morgan fingerprint density at radius 1 is 1.58 bits per heavy atom. The van der Waals surface area contributed by atoms with Gasteiger partial charge in [-0.1, -0.05) is 6.92 Å². The fourth-order valence-corrected chi connectivity index (χ4v) is 1.63. The summed E-state index contributed by atoms with van der Waals surface area (Å²) in [5.41, 5.74) is -0.0274. The van der Waals surface area contributed by atoms with E-state index in [4.69, 9.17) is 5.11 Å².